The van der Waals surface area contributed by atoms with Crippen molar-refractivity contribution in [3.63, 3.8) is 0 Å². The topological polar surface area (TPSA) is 58.5 Å². The van der Waals surface area contributed by atoms with Crippen molar-refractivity contribution in [1.29, 1.82) is 0 Å². The Balaban J connectivity index is 1.83. The maximum Gasteiger partial charge on any atom is 0.254 e. The van der Waals surface area contributed by atoms with Gasteiger partial charge in [0.2, 0.25) is 0 Å². The van der Waals surface area contributed by atoms with Crippen LogP contribution in [0.5, 0.6) is 0 Å². The Morgan fingerprint density at radius 1 is 1.22 bits per heavy atom. The summed E-state index contributed by atoms with van der Waals surface area (Å²) in [4.78, 5) is 12.0. The predicted octanol–water partition coefficient (Wildman–Crippen LogP) is 2.07. The summed E-state index contributed by atoms with van der Waals surface area (Å²) in [5.41, 5.74) is 1.87. The minimum atomic E-state index is 0.00931. The second kappa shape index (κ2) is 4.48. The molecule has 0 aromatic carbocycles. The first-order valence-corrected chi connectivity index (χ1v) is 6.45. The maximum absolute atomic E-state index is 12.0. The number of anilines is 1. The zero-order valence-corrected chi connectivity index (χ0v) is 10.5. The van der Waals surface area contributed by atoms with Crippen LogP contribution < -0.4 is 5.01 Å². The molecule has 0 bridgehead atoms. The van der Waals surface area contributed by atoms with Gasteiger partial charge in [-0.3, -0.25) is 4.79 Å². The quantitative estimate of drug-likeness (QED) is 0.800. The normalized spacial score (nSPS) is 20.6. The summed E-state index contributed by atoms with van der Waals surface area (Å²) >= 11 is 0. The highest BCUT2D eigenvalue weighted by Gasteiger charge is 2.32. The minimum Gasteiger partial charge on any atom is -0.272 e. The van der Waals surface area contributed by atoms with Crippen LogP contribution >= 0.6 is 0 Å². The van der Waals surface area contributed by atoms with Crippen LogP contribution in [-0.2, 0) is 4.79 Å². The molecule has 1 aromatic rings. The molecule has 1 fully saturated rings. The van der Waals surface area contributed by atoms with Crippen LogP contribution in [0.2, 0.25) is 0 Å². The van der Waals surface area contributed by atoms with E-state index in [9.17, 15) is 4.79 Å². The fraction of sp³-hybridized carbons (Fsp3) is 0.538. The summed E-state index contributed by atoms with van der Waals surface area (Å²) in [6, 6.07) is 3.64. The van der Waals surface area contributed by atoms with Crippen LogP contribution in [0, 0.1) is 12.8 Å². The molecular formula is C13H16N4O. The molecule has 1 amide bonds. The molecule has 1 aliphatic heterocycles. The van der Waals surface area contributed by atoms with Gasteiger partial charge < -0.3 is 0 Å². The number of aryl methyl sites for hydroxylation is 1. The van der Waals surface area contributed by atoms with Gasteiger partial charge in [-0.05, 0) is 37.8 Å². The molecule has 0 saturated heterocycles. The van der Waals surface area contributed by atoms with Gasteiger partial charge >= 0.3 is 0 Å². The minimum absolute atomic E-state index is 0.00931. The number of carbonyl (C=O) groups is 1. The third-order valence-corrected chi connectivity index (χ3v) is 3.62. The number of amides is 1. The van der Waals surface area contributed by atoms with Crippen LogP contribution in [0.3, 0.4) is 0 Å². The molecule has 5 nitrogen and oxygen atoms in total. The van der Waals surface area contributed by atoms with Crippen molar-refractivity contribution < 1.29 is 4.79 Å². The highest BCUT2D eigenvalue weighted by molar-refractivity contribution is 6.13. The van der Waals surface area contributed by atoms with Gasteiger partial charge in [-0.25, -0.2) is 0 Å². The van der Waals surface area contributed by atoms with Crippen molar-refractivity contribution in [2.24, 2.45) is 11.0 Å². The number of hydrogen-bond donors (Lipinski definition) is 0. The highest BCUT2D eigenvalue weighted by atomic mass is 16.2. The SMILES string of the molecule is Cc1ccc(N2N=C(C3CCCC3)CC2=O)nn1. The highest BCUT2D eigenvalue weighted by Crippen LogP contribution is 2.30. The molecule has 1 aromatic heterocycles. The molecule has 3 rings (SSSR count). The first-order chi connectivity index (χ1) is 8.74. The summed E-state index contributed by atoms with van der Waals surface area (Å²) in [6.07, 6.45) is 5.28. The molecule has 0 spiro atoms. The van der Waals surface area contributed by atoms with E-state index in [2.05, 4.69) is 15.3 Å². The summed E-state index contributed by atoms with van der Waals surface area (Å²) in [5, 5.41) is 13.8. The summed E-state index contributed by atoms with van der Waals surface area (Å²) in [5.74, 6) is 1.03. The lowest BCUT2D eigenvalue weighted by Crippen LogP contribution is -2.21. The van der Waals surface area contributed by atoms with Gasteiger partial charge in [-0.2, -0.15) is 15.2 Å². The van der Waals surface area contributed by atoms with Gasteiger partial charge in [0.1, 0.15) is 0 Å². The Bertz CT molecular complexity index is 488. The molecule has 2 heterocycles. The van der Waals surface area contributed by atoms with Gasteiger partial charge in [0.25, 0.3) is 5.91 Å². The zero-order chi connectivity index (χ0) is 12.5. The van der Waals surface area contributed by atoms with Crippen LogP contribution in [0.15, 0.2) is 17.2 Å². The molecular weight excluding hydrogens is 228 g/mol. The summed E-state index contributed by atoms with van der Waals surface area (Å²) in [7, 11) is 0. The second-order valence-corrected chi connectivity index (χ2v) is 4.99. The third kappa shape index (κ3) is 2.00. The van der Waals surface area contributed by atoms with Crippen molar-refractivity contribution in [2.45, 2.75) is 39.0 Å². The lowest BCUT2D eigenvalue weighted by atomic mass is 10.00. The number of carbonyl (C=O) groups excluding carboxylic acids is 1. The smallest absolute Gasteiger partial charge is 0.254 e. The van der Waals surface area contributed by atoms with E-state index < -0.39 is 0 Å². The molecule has 1 saturated carbocycles. The standard InChI is InChI=1S/C13H16N4O/c1-9-6-7-12(15-14-9)17-13(18)8-11(16-17)10-4-2-3-5-10/h6-7,10H,2-5,8H2,1H3. The Kier molecular flexibility index (Phi) is 2.81. The Labute approximate surface area is 106 Å². The average molecular weight is 244 g/mol. The predicted molar refractivity (Wildman–Crippen MR) is 68.3 cm³/mol. The summed E-state index contributed by atoms with van der Waals surface area (Å²) < 4.78 is 0. The maximum atomic E-state index is 12.0. The molecule has 5 heteroatoms. The zero-order valence-electron chi connectivity index (χ0n) is 10.5. The first-order valence-electron chi connectivity index (χ1n) is 6.45. The molecule has 1 aliphatic carbocycles. The average Bonchev–Trinajstić information content (AvgIpc) is 2.99. The molecule has 18 heavy (non-hydrogen) atoms. The van der Waals surface area contributed by atoms with Crippen molar-refractivity contribution >= 4 is 17.4 Å². The van der Waals surface area contributed by atoms with Crippen LogP contribution in [-0.4, -0.2) is 21.8 Å². The fourth-order valence-electron chi connectivity index (χ4n) is 2.62. The molecule has 2 aliphatic rings. The van der Waals surface area contributed by atoms with Gasteiger partial charge in [0.15, 0.2) is 5.82 Å². The third-order valence-electron chi connectivity index (χ3n) is 3.62. The lowest BCUT2D eigenvalue weighted by Gasteiger charge is -2.09. The number of rotatable bonds is 2. The monoisotopic (exact) mass is 244 g/mol. The number of hydrazone groups is 1. The van der Waals surface area contributed by atoms with E-state index in [0.717, 1.165) is 11.4 Å². The summed E-state index contributed by atoms with van der Waals surface area (Å²) in [6.45, 7) is 1.87. The van der Waals surface area contributed by atoms with Gasteiger partial charge in [-0.15, -0.1) is 5.10 Å². The molecule has 0 radical (unpaired) electrons. The van der Waals surface area contributed by atoms with Crippen molar-refractivity contribution in [2.75, 3.05) is 5.01 Å². The lowest BCUT2D eigenvalue weighted by molar-refractivity contribution is -0.117. The van der Waals surface area contributed by atoms with E-state index in [1.54, 1.807) is 6.07 Å². The van der Waals surface area contributed by atoms with E-state index in [1.165, 1.54) is 30.7 Å². The van der Waals surface area contributed by atoms with E-state index in [-0.39, 0.29) is 5.91 Å². The van der Waals surface area contributed by atoms with Gasteiger partial charge in [-0.1, -0.05) is 12.8 Å². The van der Waals surface area contributed by atoms with Gasteiger partial charge in [0.05, 0.1) is 17.8 Å². The molecule has 94 valence electrons. The first kappa shape index (κ1) is 11.3. The number of aromatic nitrogens is 2. The van der Waals surface area contributed by atoms with Crippen LogP contribution in [0.1, 0.15) is 37.8 Å². The van der Waals surface area contributed by atoms with E-state index in [1.807, 2.05) is 13.0 Å². The molecule has 0 atom stereocenters. The fourth-order valence-corrected chi connectivity index (χ4v) is 2.62. The van der Waals surface area contributed by atoms with Crippen LogP contribution in [0.4, 0.5) is 5.82 Å². The Morgan fingerprint density at radius 3 is 2.67 bits per heavy atom. The number of nitrogens with zero attached hydrogens (tertiary/aromatic N) is 4. The molecule has 0 N–H and O–H groups in total. The van der Waals surface area contributed by atoms with Crippen molar-refractivity contribution in [1.82, 2.24) is 10.2 Å². The van der Waals surface area contributed by atoms with Crippen molar-refractivity contribution in [3.05, 3.63) is 17.8 Å². The van der Waals surface area contributed by atoms with E-state index in [0.29, 0.717) is 18.2 Å². The molecule has 0 unspecified atom stereocenters. The van der Waals surface area contributed by atoms with E-state index >= 15 is 0 Å². The second-order valence-electron chi connectivity index (χ2n) is 4.99. The van der Waals surface area contributed by atoms with E-state index in [4.69, 9.17) is 0 Å². The van der Waals surface area contributed by atoms with Gasteiger partial charge in [0, 0.05) is 0 Å². The number of hydrogen-bond acceptors (Lipinski definition) is 4. The van der Waals surface area contributed by atoms with Crippen LogP contribution in [0.25, 0.3) is 0 Å². The Morgan fingerprint density at radius 2 is 2.00 bits per heavy atom. The largest absolute Gasteiger partial charge is 0.272 e. The Hall–Kier alpha value is -1.78. The van der Waals surface area contributed by atoms with Crippen molar-refractivity contribution in [3.8, 4) is 0 Å².